The van der Waals surface area contributed by atoms with Gasteiger partial charge in [-0.15, -0.1) is 0 Å². The molecule has 2 heterocycles. The van der Waals surface area contributed by atoms with Crippen LogP contribution in [0.25, 0.3) is 0 Å². The van der Waals surface area contributed by atoms with E-state index in [4.69, 9.17) is 10.5 Å². The Morgan fingerprint density at radius 3 is 2.75 bits per heavy atom. The maximum Gasteiger partial charge on any atom is 0.0652 e. The van der Waals surface area contributed by atoms with E-state index in [0.29, 0.717) is 24.0 Å². The minimum atomic E-state index is 0.416. The Hall–Kier alpha value is -0.860. The fourth-order valence-corrected chi connectivity index (χ4v) is 3.47. The van der Waals surface area contributed by atoms with Crippen molar-refractivity contribution in [3.05, 3.63) is 35.4 Å². The maximum atomic E-state index is 6.02. The zero-order valence-corrected chi connectivity index (χ0v) is 9.73. The Labute approximate surface area is 96.8 Å². The van der Waals surface area contributed by atoms with Gasteiger partial charge in [0, 0.05) is 11.8 Å². The number of benzene rings is 1. The lowest BCUT2D eigenvalue weighted by atomic mass is 9.74. The molecule has 0 spiro atoms. The van der Waals surface area contributed by atoms with Crippen LogP contribution in [0, 0.1) is 12.8 Å². The highest BCUT2D eigenvalue weighted by atomic mass is 16.5. The summed E-state index contributed by atoms with van der Waals surface area (Å²) >= 11 is 0. The molecule has 0 saturated carbocycles. The summed E-state index contributed by atoms with van der Waals surface area (Å²) in [5.74, 6) is 1.06. The van der Waals surface area contributed by atoms with Crippen LogP contribution in [0.2, 0.25) is 0 Å². The number of ether oxygens (including phenoxy) is 1. The summed E-state index contributed by atoms with van der Waals surface area (Å²) < 4.78 is 6.02. The summed E-state index contributed by atoms with van der Waals surface area (Å²) in [6, 6.07) is 8.66. The Balaban J connectivity index is 1.97. The molecular weight excluding hydrogens is 198 g/mol. The molecule has 4 unspecified atom stereocenters. The fourth-order valence-electron chi connectivity index (χ4n) is 3.47. The Morgan fingerprint density at radius 2 is 2.00 bits per heavy atom. The molecule has 2 heteroatoms. The van der Waals surface area contributed by atoms with Crippen molar-refractivity contribution in [3.63, 3.8) is 0 Å². The first-order chi connectivity index (χ1) is 7.81. The van der Waals surface area contributed by atoms with E-state index in [1.165, 1.54) is 24.0 Å². The molecule has 2 aliphatic rings. The summed E-state index contributed by atoms with van der Waals surface area (Å²) in [4.78, 5) is 0. The number of hydrogen-bond donors (Lipinski definition) is 1. The third-order valence-electron chi connectivity index (χ3n) is 4.24. The lowest BCUT2D eigenvalue weighted by molar-refractivity contribution is 0.0918. The molecule has 16 heavy (non-hydrogen) atoms. The van der Waals surface area contributed by atoms with Crippen LogP contribution in [0.15, 0.2) is 24.3 Å². The zero-order chi connectivity index (χ0) is 11.1. The first-order valence-corrected chi connectivity index (χ1v) is 6.22. The second-order valence-corrected chi connectivity index (χ2v) is 5.07. The second kappa shape index (κ2) is 3.86. The van der Waals surface area contributed by atoms with Crippen LogP contribution < -0.4 is 5.73 Å². The van der Waals surface area contributed by atoms with Crippen molar-refractivity contribution in [1.82, 2.24) is 0 Å². The average Bonchev–Trinajstić information content (AvgIpc) is 2.89. The predicted octanol–water partition coefficient (Wildman–Crippen LogP) is 2.21. The van der Waals surface area contributed by atoms with Gasteiger partial charge >= 0.3 is 0 Å². The smallest absolute Gasteiger partial charge is 0.0652 e. The van der Waals surface area contributed by atoms with Gasteiger partial charge in [0.1, 0.15) is 0 Å². The summed E-state index contributed by atoms with van der Waals surface area (Å²) in [5, 5.41) is 0. The van der Waals surface area contributed by atoms with Crippen molar-refractivity contribution in [1.29, 1.82) is 0 Å². The molecular formula is C14H19NO. The van der Waals surface area contributed by atoms with Gasteiger partial charge in [-0.25, -0.2) is 0 Å². The summed E-state index contributed by atoms with van der Waals surface area (Å²) in [6.45, 7) is 2.94. The van der Waals surface area contributed by atoms with E-state index in [-0.39, 0.29) is 0 Å². The SMILES string of the molecule is Cc1ccccc1C1C2CCC(O2)C1CN. The molecule has 0 amide bonds. The second-order valence-electron chi connectivity index (χ2n) is 5.07. The van der Waals surface area contributed by atoms with E-state index >= 15 is 0 Å². The Kier molecular flexibility index (Phi) is 2.49. The third kappa shape index (κ3) is 1.40. The van der Waals surface area contributed by atoms with Gasteiger partial charge in [0.15, 0.2) is 0 Å². The molecule has 2 aliphatic heterocycles. The summed E-state index contributed by atoms with van der Waals surface area (Å²) in [7, 11) is 0. The quantitative estimate of drug-likeness (QED) is 0.824. The van der Waals surface area contributed by atoms with E-state index in [1.54, 1.807) is 0 Å². The number of aryl methyl sites for hydroxylation is 1. The Morgan fingerprint density at radius 1 is 1.25 bits per heavy atom. The highest BCUT2D eigenvalue weighted by Gasteiger charge is 2.48. The molecule has 4 atom stereocenters. The summed E-state index contributed by atoms with van der Waals surface area (Å²) in [6.07, 6.45) is 3.24. The van der Waals surface area contributed by atoms with Crippen molar-refractivity contribution < 1.29 is 4.74 Å². The third-order valence-corrected chi connectivity index (χ3v) is 4.24. The molecule has 2 fully saturated rings. The largest absolute Gasteiger partial charge is 0.374 e. The van der Waals surface area contributed by atoms with Gasteiger partial charge < -0.3 is 10.5 Å². The van der Waals surface area contributed by atoms with Gasteiger partial charge in [-0.1, -0.05) is 24.3 Å². The first-order valence-electron chi connectivity index (χ1n) is 6.22. The van der Waals surface area contributed by atoms with Gasteiger partial charge in [0.05, 0.1) is 12.2 Å². The van der Waals surface area contributed by atoms with Crippen molar-refractivity contribution in [2.75, 3.05) is 6.54 Å². The standard InChI is InChI=1S/C14H19NO/c1-9-4-2-3-5-10(9)14-11(8-15)12-6-7-13(14)16-12/h2-5,11-14H,6-8,15H2,1H3. The molecule has 1 aromatic rings. The van der Waals surface area contributed by atoms with E-state index < -0.39 is 0 Å². The summed E-state index contributed by atoms with van der Waals surface area (Å²) in [5.41, 5.74) is 8.74. The van der Waals surface area contributed by atoms with Gasteiger partial charge in [0.25, 0.3) is 0 Å². The number of fused-ring (bicyclic) bond motifs is 2. The molecule has 0 aliphatic carbocycles. The van der Waals surface area contributed by atoms with Crippen LogP contribution in [0.5, 0.6) is 0 Å². The number of nitrogens with two attached hydrogens (primary N) is 1. The van der Waals surface area contributed by atoms with Crippen LogP contribution in [0.4, 0.5) is 0 Å². The molecule has 1 aromatic carbocycles. The fraction of sp³-hybridized carbons (Fsp3) is 0.571. The predicted molar refractivity (Wildman–Crippen MR) is 64.4 cm³/mol. The molecule has 2 bridgehead atoms. The van der Waals surface area contributed by atoms with E-state index in [2.05, 4.69) is 31.2 Å². The van der Waals surface area contributed by atoms with Crippen molar-refractivity contribution in [2.45, 2.75) is 37.9 Å². The number of rotatable bonds is 2. The van der Waals surface area contributed by atoms with E-state index in [0.717, 1.165) is 6.54 Å². The number of hydrogen-bond acceptors (Lipinski definition) is 2. The normalized spacial score (nSPS) is 36.9. The van der Waals surface area contributed by atoms with Gasteiger partial charge in [-0.3, -0.25) is 0 Å². The van der Waals surface area contributed by atoms with E-state index in [9.17, 15) is 0 Å². The lowest BCUT2D eigenvalue weighted by Gasteiger charge is -2.28. The van der Waals surface area contributed by atoms with Crippen LogP contribution in [-0.4, -0.2) is 18.8 Å². The molecule has 3 rings (SSSR count). The van der Waals surface area contributed by atoms with Crippen LogP contribution in [-0.2, 0) is 4.74 Å². The monoisotopic (exact) mass is 217 g/mol. The topological polar surface area (TPSA) is 35.2 Å². The van der Waals surface area contributed by atoms with Crippen LogP contribution >= 0.6 is 0 Å². The van der Waals surface area contributed by atoms with Gasteiger partial charge in [-0.2, -0.15) is 0 Å². The molecule has 0 aromatic heterocycles. The van der Waals surface area contributed by atoms with Crippen molar-refractivity contribution in [2.24, 2.45) is 11.7 Å². The van der Waals surface area contributed by atoms with Crippen LogP contribution in [0.1, 0.15) is 29.9 Å². The minimum absolute atomic E-state index is 0.416. The molecule has 0 radical (unpaired) electrons. The molecule has 2 N–H and O–H groups in total. The molecule has 86 valence electrons. The van der Waals surface area contributed by atoms with Crippen LogP contribution in [0.3, 0.4) is 0 Å². The minimum Gasteiger partial charge on any atom is -0.374 e. The highest BCUT2D eigenvalue weighted by molar-refractivity contribution is 5.32. The van der Waals surface area contributed by atoms with Crippen molar-refractivity contribution >= 4 is 0 Å². The average molecular weight is 217 g/mol. The molecule has 2 nitrogen and oxygen atoms in total. The van der Waals surface area contributed by atoms with Gasteiger partial charge in [-0.05, 0) is 37.4 Å². The van der Waals surface area contributed by atoms with Crippen molar-refractivity contribution in [3.8, 4) is 0 Å². The first kappa shape index (κ1) is 10.3. The molecule has 2 saturated heterocycles. The highest BCUT2D eigenvalue weighted by Crippen LogP contribution is 2.48. The zero-order valence-electron chi connectivity index (χ0n) is 9.73. The van der Waals surface area contributed by atoms with E-state index in [1.807, 2.05) is 0 Å². The van der Waals surface area contributed by atoms with Gasteiger partial charge in [0.2, 0.25) is 0 Å². The maximum absolute atomic E-state index is 6.02. The lowest BCUT2D eigenvalue weighted by Crippen LogP contribution is -2.31. The Bertz CT molecular complexity index is 390.